The van der Waals surface area contributed by atoms with Crippen molar-refractivity contribution >= 4 is 5.69 Å². The summed E-state index contributed by atoms with van der Waals surface area (Å²) in [5.41, 5.74) is 1.25. The van der Waals surface area contributed by atoms with Crippen LogP contribution < -0.4 is 10.2 Å². The summed E-state index contributed by atoms with van der Waals surface area (Å²) in [6.45, 7) is 2.89. The summed E-state index contributed by atoms with van der Waals surface area (Å²) in [6, 6.07) is 10.4. The van der Waals surface area contributed by atoms with Gasteiger partial charge in [-0.1, -0.05) is 18.2 Å². The zero-order valence-electron chi connectivity index (χ0n) is 9.32. The van der Waals surface area contributed by atoms with E-state index in [0.29, 0.717) is 6.54 Å². The summed E-state index contributed by atoms with van der Waals surface area (Å²) < 4.78 is 0. The number of nitrogens with zero attached hydrogens (tertiary/aromatic N) is 1. The molecule has 0 aromatic heterocycles. The van der Waals surface area contributed by atoms with Gasteiger partial charge < -0.3 is 15.3 Å². The van der Waals surface area contributed by atoms with Gasteiger partial charge >= 0.3 is 0 Å². The molecule has 0 aliphatic rings. The Labute approximate surface area is 91.7 Å². The van der Waals surface area contributed by atoms with Crippen LogP contribution in [-0.2, 0) is 0 Å². The van der Waals surface area contributed by atoms with Crippen molar-refractivity contribution in [2.24, 2.45) is 0 Å². The molecule has 1 aromatic carbocycles. The van der Waals surface area contributed by atoms with Crippen LogP contribution in [0, 0.1) is 0 Å². The first-order chi connectivity index (χ1) is 7.34. The Morgan fingerprint density at radius 2 is 1.93 bits per heavy atom. The molecule has 3 heteroatoms. The molecular weight excluding hydrogens is 188 g/mol. The minimum atomic E-state index is 0.217. The maximum atomic E-state index is 8.58. The summed E-state index contributed by atoms with van der Waals surface area (Å²) in [6.07, 6.45) is 1.09. The van der Waals surface area contributed by atoms with Crippen molar-refractivity contribution in [1.29, 1.82) is 0 Å². The largest absolute Gasteiger partial charge is 0.395 e. The van der Waals surface area contributed by atoms with E-state index in [4.69, 9.17) is 5.11 Å². The third-order valence-electron chi connectivity index (χ3n) is 2.33. The maximum Gasteiger partial charge on any atom is 0.0555 e. The van der Waals surface area contributed by atoms with Crippen LogP contribution in [0.3, 0.4) is 0 Å². The lowest BCUT2D eigenvalue weighted by molar-refractivity contribution is 0.292. The number of aliphatic hydroxyl groups excluding tert-OH is 1. The Kier molecular flexibility index (Phi) is 5.81. The van der Waals surface area contributed by atoms with E-state index in [9.17, 15) is 0 Å². The average molecular weight is 208 g/mol. The van der Waals surface area contributed by atoms with E-state index in [1.165, 1.54) is 5.69 Å². The van der Waals surface area contributed by atoms with E-state index < -0.39 is 0 Å². The highest BCUT2D eigenvalue weighted by Gasteiger charge is 1.98. The molecule has 2 N–H and O–H groups in total. The van der Waals surface area contributed by atoms with Gasteiger partial charge in [-0.25, -0.2) is 0 Å². The molecule has 0 amide bonds. The predicted octanol–water partition coefficient (Wildman–Crippen LogP) is 1.09. The first-order valence-corrected chi connectivity index (χ1v) is 5.42. The molecule has 0 saturated carbocycles. The Hall–Kier alpha value is -1.06. The zero-order chi connectivity index (χ0) is 10.9. The Morgan fingerprint density at radius 1 is 1.20 bits per heavy atom. The Balaban J connectivity index is 2.16. The van der Waals surface area contributed by atoms with Crippen molar-refractivity contribution in [2.45, 2.75) is 6.42 Å². The molecule has 0 saturated heterocycles. The van der Waals surface area contributed by atoms with Crippen LogP contribution in [0.2, 0.25) is 0 Å². The van der Waals surface area contributed by atoms with Crippen molar-refractivity contribution in [1.82, 2.24) is 5.32 Å². The van der Waals surface area contributed by atoms with Crippen LogP contribution in [0.15, 0.2) is 30.3 Å². The molecule has 0 spiro atoms. The van der Waals surface area contributed by atoms with Crippen LogP contribution in [0.1, 0.15) is 6.42 Å². The number of aliphatic hydroxyl groups is 1. The second-order valence-electron chi connectivity index (χ2n) is 3.58. The molecule has 0 bridgehead atoms. The van der Waals surface area contributed by atoms with Gasteiger partial charge in [-0.05, 0) is 25.1 Å². The quantitative estimate of drug-likeness (QED) is 0.659. The van der Waals surface area contributed by atoms with E-state index in [1.807, 2.05) is 6.07 Å². The minimum Gasteiger partial charge on any atom is -0.395 e. The van der Waals surface area contributed by atoms with E-state index >= 15 is 0 Å². The highest BCUT2D eigenvalue weighted by atomic mass is 16.3. The molecule has 0 atom stereocenters. The molecule has 0 fully saturated rings. The third-order valence-corrected chi connectivity index (χ3v) is 2.33. The Bertz CT molecular complexity index is 251. The highest BCUT2D eigenvalue weighted by Crippen LogP contribution is 2.10. The van der Waals surface area contributed by atoms with Crippen LogP contribution >= 0.6 is 0 Å². The first-order valence-electron chi connectivity index (χ1n) is 5.42. The van der Waals surface area contributed by atoms with Gasteiger partial charge in [0.2, 0.25) is 0 Å². The van der Waals surface area contributed by atoms with Gasteiger partial charge in [-0.3, -0.25) is 0 Å². The lowest BCUT2D eigenvalue weighted by Gasteiger charge is -2.19. The van der Waals surface area contributed by atoms with Crippen molar-refractivity contribution < 1.29 is 5.11 Å². The van der Waals surface area contributed by atoms with E-state index in [2.05, 4.69) is 41.5 Å². The topological polar surface area (TPSA) is 35.5 Å². The normalized spacial score (nSPS) is 10.3. The standard InChI is InChI=1S/C12H20N2O/c1-14(10-5-8-13-9-11-15)12-6-3-2-4-7-12/h2-4,6-7,13,15H,5,8-11H2,1H3. The van der Waals surface area contributed by atoms with Crippen LogP contribution in [-0.4, -0.2) is 38.4 Å². The second-order valence-corrected chi connectivity index (χ2v) is 3.58. The predicted molar refractivity (Wildman–Crippen MR) is 64.3 cm³/mol. The number of para-hydroxylation sites is 1. The van der Waals surface area contributed by atoms with Crippen molar-refractivity contribution in [2.75, 3.05) is 38.2 Å². The van der Waals surface area contributed by atoms with Crippen molar-refractivity contribution in [3.05, 3.63) is 30.3 Å². The number of benzene rings is 1. The van der Waals surface area contributed by atoms with Crippen LogP contribution in [0.25, 0.3) is 0 Å². The molecule has 1 rings (SSSR count). The molecule has 3 nitrogen and oxygen atoms in total. The van der Waals surface area contributed by atoms with Gasteiger partial charge in [0.1, 0.15) is 0 Å². The fourth-order valence-electron chi connectivity index (χ4n) is 1.46. The Morgan fingerprint density at radius 3 is 2.60 bits per heavy atom. The van der Waals surface area contributed by atoms with Crippen LogP contribution in [0.5, 0.6) is 0 Å². The number of anilines is 1. The molecule has 84 valence electrons. The summed E-state index contributed by atoms with van der Waals surface area (Å²) in [5, 5.41) is 11.7. The number of nitrogens with one attached hydrogen (secondary N) is 1. The molecule has 15 heavy (non-hydrogen) atoms. The molecule has 0 heterocycles. The lowest BCUT2D eigenvalue weighted by Crippen LogP contribution is -2.25. The molecule has 1 aromatic rings. The molecule has 0 aliphatic carbocycles. The SMILES string of the molecule is CN(CCCNCCO)c1ccccc1. The molecule has 0 aliphatic heterocycles. The molecule has 0 radical (unpaired) electrons. The lowest BCUT2D eigenvalue weighted by atomic mass is 10.3. The monoisotopic (exact) mass is 208 g/mol. The average Bonchev–Trinajstić information content (AvgIpc) is 2.30. The van der Waals surface area contributed by atoms with Gasteiger partial charge in [-0.2, -0.15) is 0 Å². The van der Waals surface area contributed by atoms with E-state index in [1.54, 1.807) is 0 Å². The van der Waals surface area contributed by atoms with Crippen molar-refractivity contribution in [3.8, 4) is 0 Å². The van der Waals surface area contributed by atoms with Gasteiger partial charge in [0.05, 0.1) is 6.61 Å². The smallest absolute Gasteiger partial charge is 0.0555 e. The van der Waals surface area contributed by atoms with Crippen LogP contribution in [0.4, 0.5) is 5.69 Å². The summed E-state index contributed by atoms with van der Waals surface area (Å²) in [7, 11) is 2.10. The molecular formula is C12H20N2O. The van der Waals surface area contributed by atoms with Gasteiger partial charge in [0, 0.05) is 25.8 Å². The fourth-order valence-corrected chi connectivity index (χ4v) is 1.46. The molecule has 0 unspecified atom stereocenters. The summed E-state index contributed by atoms with van der Waals surface area (Å²) in [4.78, 5) is 2.24. The van der Waals surface area contributed by atoms with Gasteiger partial charge in [-0.15, -0.1) is 0 Å². The summed E-state index contributed by atoms with van der Waals surface area (Å²) >= 11 is 0. The number of hydrogen-bond acceptors (Lipinski definition) is 3. The highest BCUT2D eigenvalue weighted by molar-refractivity contribution is 5.44. The van der Waals surface area contributed by atoms with Crippen molar-refractivity contribution in [3.63, 3.8) is 0 Å². The second kappa shape index (κ2) is 7.26. The first kappa shape index (κ1) is 12.0. The minimum absolute atomic E-state index is 0.217. The number of rotatable bonds is 7. The van der Waals surface area contributed by atoms with Gasteiger partial charge in [0.15, 0.2) is 0 Å². The van der Waals surface area contributed by atoms with E-state index in [0.717, 1.165) is 19.5 Å². The summed E-state index contributed by atoms with van der Waals surface area (Å²) in [5.74, 6) is 0. The maximum absolute atomic E-state index is 8.58. The fraction of sp³-hybridized carbons (Fsp3) is 0.500. The third kappa shape index (κ3) is 4.81. The van der Waals surface area contributed by atoms with E-state index in [-0.39, 0.29) is 6.61 Å². The number of hydrogen-bond donors (Lipinski definition) is 2. The zero-order valence-corrected chi connectivity index (χ0v) is 9.32. The van der Waals surface area contributed by atoms with Gasteiger partial charge in [0.25, 0.3) is 0 Å².